The Bertz CT molecular complexity index is 1180. The van der Waals surface area contributed by atoms with Gasteiger partial charge in [0.25, 0.3) is 0 Å². The first-order valence-corrected chi connectivity index (χ1v) is 11.9. The van der Waals surface area contributed by atoms with Crippen LogP contribution in [-0.4, -0.2) is 29.8 Å². The molecule has 0 atom stereocenters. The second-order valence-corrected chi connectivity index (χ2v) is 10.0. The molecule has 2 N–H and O–H groups in total. The minimum atomic E-state index is -0.526. The van der Waals surface area contributed by atoms with Crippen LogP contribution in [0.15, 0.2) is 60.7 Å². The molecule has 1 aliphatic heterocycles. The molecule has 6 nitrogen and oxygen atoms in total. The first-order chi connectivity index (χ1) is 16.3. The molecule has 1 fully saturated rings. The summed E-state index contributed by atoms with van der Waals surface area (Å²) in [6.07, 6.45) is 2.50. The van der Waals surface area contributed by atoms with Gasteiger partial charge in [0.1, 0.15) is 12.2 Å². The van der Waals surface area contributed by atoms with E-state index in [2.05, 4.69) is 53.1 Å². The Morgan fingerprint density at radius 2 is 1.79 bits per heavy atom. The third-order valence-electron chi connectivity index (χ3n) is 6.39. The van der Waals surface area contributed by atoms with E-state index in [-0.39, 0.29) is 11.6 Å². The van der Waals surface area contributed by atoms with E-state index in [1.165, 1.54) is 0 Å². The summed E-state index contributed by atoms with van der Waals surface area (Å²) >= 11 is 0. The molecule has 0 saturated heterocycles. The molecule has 0 spiro atoms. The first-order valence-electron chi connectivity index (χ1n) is 11.9. The number of hydrogen-bond donors (Lipinski definition) is 2. The summed E-state index contributed by atoms with van der Waals surface area (Å²) in [5, 5.41) is 6.53. The van der Waals surface area contributed by atoms with Crippen molar-refractivity contribution >= 4 is 11.8 Å². The molecule has 2 aromatic carbocycles. The van der Waals surface area contributed by atoms with Crippen LogP contribution in [0.1, 0.15) is 45.6 Å². The molecule has 3 aromatic rings. The van der Waals surface area contributed by atoms with Crippen LogP contribution in [0.4, 0.5) is 10.5 Å². The zero-order valence-electron chi connectivity index (χ0n) is 20.0. The van der Waals surface area contributed by atoms with Gasteiger partial charge in [0.2, 0.25) is 5.88 Å². The van der Waals surface area contributed by atoms with Crippen LogP contribution >= 0.6 is 0 Å². The van der Waals surface area contributed by atoms with Gasteiger partial charge in [0.15, 0.2) is 0 Å². The monoisotopic (exact) mass is 457 g/mol. The van der Waals surface area contributed by atoms with E-state index in [0.717, 1.165) is 59.4 Å². The molecule has 5 rings (SSSR count). The Balaban J connectivity index is 1.48. The predicted octanol–water partition coefficient (Wildman–Crippen LogP) is 6.12. The summed E-state index contributed by atoms with van der Waals surface area (Å²) in [6.45, 7) is 7.00. The van der Waals surface area contributed by atoms with E-state index in [4.69, 9.17) is 14.5 Å². The molecule has 34 heavy (non-hydrogen) atoms. The number of alkyl carbamates (subject to hydrolysis) is 1. The van der Waals surface area contributed by atoms with Crippen molar-refractivity contribution in [1.82, 2.24) is 10.3 Å². The number of fused-ring (bicyclic) bond motifs is 1. The van der Waals surface area contributed by atoms with Crippen molar-refractivity contribution in [2.45, 2.75) is 51.2 Å². The number of nitrogens with zero attached hydrogens (tertiary/aromatic N) is 1. The smallest absolute Gasteiger partial charge is 0.408 e. The second kappa shape index (κ2) is 8.67. The highest BCUT2D eigenvalue weighted by atomic mass is 16.6. The number of anilines is 1. The van der Waals surface area contributed by atoms with Gasteiger partial charge in [-0.15, -0.1) is 0 Å². The maximum Gasteiger partial charge on any atom is 0.408 e. The van der Waals surface area contributed by atoms with E-state index in [1.54, 1.807) is 0 Å². The van der Waals surface area contributed by atoms with Crippen LogP contribution in [0.5, 0.6) is 5.88 Å². The van der Waals surface area contributed by atoms with Crippen LogP contribution < -0.4 is 15.4 Å². The summed E-state index contributed by atoms with van der Waals surface area (Å²) in [5.41, 5.74) is 5.14. The highest BCUT2D eigenvalue weighted by molar-refractivity contribution is 5.84. The summed E-state index contributed by atoms with van der Waals surface area (Å²) in [7, 11) is 0. The number of nitrogens with one attached hydrogen (secondary N) is 2. The lowest BCUT2D eigenvalue weighted by atomic mass is 9.71. The number of aromatic nitrogens is 1. The van der Waals surface area contributed by atoms with Crippen molar-refractivity contribution < 1.29 is 14.3 Å². The minimum Gasteiger partial charge on any atom is -0.474 e. The molecular weight excluding hydrogens is 426 g/mol. The Hall–Kier alpha value is -3.54. The average molecular weight is 458 g/mol. The zero-order valence-corrected chi connectivity index (χ0v) is 20.0. The maximum absolute atomic E-state index is 12.5. The number of rotatable bonds is 4. The quantitative estimate of drug-likeness (QED) is 0.493. The Labute approximate surface area is 200 Å². The lowest BCUT2D eigenvalue weighted by molar-refractivity contribution is 0.0377. The number of ether oxygens (including phenoxy) is 2. The van der Waals surface area contributed by atoms with Gasteiger partial charge in [-0.1, -0.05) is 54.6 Å². The van der Waals surface area contributed by atoms with Gasteiger partial charge in [-0.3, -0.25) is 0 Å². The molecule has 1 saturated carbocycles. The number of amides is 1. The van der Waals surface area contributed by atoms with Crippen LogP contribution in [0.25, 0.3) is 22.4 Å². The fraction of sp³-hybridized carbons (Fsp3) is 0.357. The van der Waals surface area contributed by atoms with Gasteiger partial charge < -0.3 is 20.1 Å². The fourth-order valence-electron chi connectivity index (χ4n) is 4.59. The first kappa shape index (κ1) is 22.3. The van der Waals surface area contributed by atoms with Crippen LogP contribution in [0.2, 0.25) is 0 Å². The maximum atomic E-state index is 12.5. The number of carbonyl (C=O) groups excluding carboxylic acids is 1. The fourth-order valence-corrected chi connectivity index (χ4v) is 4.59. The summed E-state index contributed by atoms with van der Waals surface area (Å²) in [4.78, 5) is 17.4. The van der Waals surface area contributed by atoms with Crippen LogP contribution in [0.3, 0.4) is 0 Å². The molecule has 2 heterocycles. The van der Waals surface area contributed by atoms with Gasteiger partial charge in [0, 0.05) is 17.7 Å². The highest BCUT2D eigenvalue weighted by Gasteiger charge is 2.41. The van der Waals surface area contributed by atoms with Crippen LogP contribution in [0, 0.1) is 0 Å². The molecule has 1 aromatic heterocycles. The van der Waals surface area contributed by atoms with Gasteiger partial charge in [0.05, 0.1) is 16.9 Å². The van der Waals surface area contributed by atoms with Crippen molar-refractivity contribution in [3.05, 3.63) is 66.2 Å². The average Bonchev–Trinajstić information content (AvgIpc) is 2.80. The van der Waals surface area contributed by atoms with Gasteiger partial charge in [-0.2, -0.15) is 0 Å². The molecule has 0 radical (unpaired) electrons. The lowest BCUT2D eigenvalue weighted by Crippen LogP contribution is -2.52. The topological polar surface area (TPSA) is 72.5 Å². The van der Waals surface area contributed by atoms with Crippen molar-refractivity contribution in [2.24, 2.45) is 0 Å². The molecule has 176 valence electrons. The third-order valence-corrected chi connectivity index (χ3v) is 6.39. The SMILES string of the molecule is CC(C)(C)OC(=O)NC1(c2ccc(-c3nc4c(cc3-c3ccccc3)NCCO4)cc2)CCC1. The second-order valence-electron chi connectivity index (χ2n) is 10.0. The molecule has 0 bridgehead atoms. The third kappa shape index (κ3) is 4.45. The van der Waals surface area contributed by atoms with Gasteiger partial charge >= 0.3 is 6.09 Å². The van der Waals surface area contributed by atoms with Crippen molar-refractivity contribution in [2.75, 3.05) is 18.5 Å². The standard InChI is InChI=1S/C28H31N3O3/c1-27(2,3)34-26(32)31-28(14-7-15-28)21-12-10-20(11-13-21)24-22(19-8-5-4-6-9-19)18-23-25(30-24)33-17-16-29-23/h4-6,8-13,18,29H,7,14-17H2,1-3H3,(H,31,32). The lowest BCUT2D eigenvalue weighted by Gasteiger charge is -2.43. The zero-order chi connectivity index (χ0) is 23.8. The minimum absolute atomic E-state index is 0.372. The van der Waals surface area contributed by atoms with Gasteiger partial charge in [-0.05, 0) is 57.2 Å². The van der Waals surface area contributed by atoms with Crippen molar-refractivity contribution in [3.8, 4) is 28.3 Å². The largest absolute Gasteiger partial charge is 0.474 e. The molecule has 6 heteroatoms. The number of carbonyl (C=O) groups is 1. The van der Waals surface area contributed by atoms with Crippen LogP contribution in [-0.2, 0) is 10.3 Å². The Morgan fingerprint density at radius 1 is 1.06 bits per heavy atom. The van der Waals surface area contributed by atoms with E-state index < -0.39 is 5.60 Å². The van der Waals surface area contributed by atoms with E-state index in [0.29, 0.717) is 12.5 Å². The summed E-state index contributed by atoms with van der Waals surface area (Å²) in [6, 6.07) is 20.8. The van der Waals surface area contributed by atoms with Crippen molar-refractivity contribution in [3.63, 3.8) is 0 Å². The number of benzene rings is 2. The summed E-state index contributed by atoms with van der Waals surface area (Å²) < 4.78 is 11.4. The van der Waals surface area contributed by atoms with E-state index in [1.807, 2.05) is 39.0 Å². The van der Waals surface area contributed by atoms with Crippen molar-refractivity contribution in [1.29, 1.82) is 0 Å². The normalized spacial score (nSPS) is 16.3. The number of pyridine rings is 1. The molecule has 0 unspecified atom stereocenters. The Kier molecular flexibility index (Phi) is 5.68. The molecule has 2 aliphatic rings. The van der Waals surface area contributed by atoms with E-state index >= 15 is 0 Å². The van der Waals surface area contributed by atoms with E-state index in [9.17, 15) is 4.79 Å². The highest BCUT2D eigenvalue weighted by Crippen LogP contribution is 2.43. The number of hydrogen-bond acceptors (Lipinski definition) is 5. The Morgan fingerprint density at radius 3 is 2.44 bits per heavy atom. The predicted molar refractivity (Wildman–Crippen MR) is 134 cm³/mol. The van der Waals surface area contributed by atoms with Gasteiger partial charge in [-0.25, -0.2) is 9.78 Å². The molecule has 1 amide bonds. The summed E-state index contributed by atoms with van der Waals surface area (Å²) in [5.74, 6) is 0.632. The molecule has 1 aliphatic carbocycles. The molecular formula is C28H31N3O3.